The lowest BCUT2D eigenvalue weighted by Gasteiger charge is -2.37. The molecule has 3 rings (SSSR count). The standard InChI is InChI=1S/C19H32N5O3P/c1-11(2)24(12(3)4)28(8)27-16-14(6)26-19(17(16)25-7)23-10-22-15-13(5)20-9-21-18(15)23/h9-12,14,16-17,19H,1-8H3/i6D. The Hall–Kier alpha value is -1.18. The summed E-state index contributed by atoms with van der Waals surface area (Å²) in [7, 11) is 0.781. The number of hydrogen-bond donors (Lipinski definition) is 0. The molecule has 156 valence electrons. The van der Waals surface area contributed by atoms with Crippen LogP contribution in [0, 0.1) is 6.92 Å². The molecule has 2 aromatic heterocycles. The van der Waals surface area contributed by atoms with E-state index in [1.165, 1.54) is 6.33 Å². The highest BCUT2D eigenvalue weighted by Crippen LogP contribution is 2.47. The molecule has 0 N–H and O–H groups in total. The molecule has 2 aromatic rings. The maximum atomic E-state index is 8.01. The number of aromatic nitrogens is 4. The Balaban J connectivity index is 1.90. The second-order valence-corrected chi connectivity index (χ2v) is 9.25. The smallest absolute Gasteiger partial charge is 0.166 e. The number of rotatable bonds is 7. The van der Waals surface area contributed by atoms with Crippen molar-refractivity contribution in [2.45, 2.75) is 78.1 Å². The molecule has 3 heterocycles. The SMILES string of the molecule is [2H]CC1OC(n2cnc3c(C)ncnc32)C(OC)C1OP(C)N(C(C)C)C(C)C. The van der Waals surface area contributed by atoms with Gasteiger partial charge in [0.1, 0.15) is 32.4 Å². The molecule has 0 radical (unpaired) electrons. The van der Waals surface area contributed by atoms with Gasteiger partial charge in [-0.3, -0.25) is 9.24 Å². The Kier molecular flexibility index (Phi) is 6.23. The van der Waals surface area contributed by atoms with Crippen molar-refractivity contribution in [1.29, 1.82) is 0 Å². The van der Waals surface area contributed by atoms with Crippen molar-refractivity contribution in [1.82, 2.24) is 24.2 Å². The molecule has 0 saturated carbocycles. The largest absolute Gasteiger partial charge is 0.374 e. The molecule has 5 unspecified atom stereocenters. The number of imidazole rings is 1. The molecule has 1 aliphatic rings. The van der Waals surface area contributed by atoms with Gasteiger partial charge in [-0.2, -0.15) is 0 Å². The van der Waals surface area contributed by atoms with E-state index in [0.717, 1.165) is 11.2 Å². The van der Waals surface area contributed by atoms with Gasteiger partial charge >= 0.3 is 0 Å². The van der Waals surface area contributed by atoms with Gasteiger partial charge in [0, 0.05) is 20.6 Å². The highest BCUT2D eigenvalue weighted by molar-refractivity contribution is 7.49. The van der Waals surface area contributed by atoms with Gasteiger partial charge < -0.3 is 14.0 Å². The number of fused-ring (bicyclic) bond motifs is 1. The zero-order valence-corrected chi connectivity index (χ0v) is 18.6. The van der Waals surface area contributed by atoms with E-state index < -0.39 is 20.6 Å². The Bertz CT molecular complexity index is 812. The van der Waals surface area contributed by atoms with E-state index >= 15 is 0 Å². The van der Waals surface area contributed by atoms with Crippen molar-refractivity contribution in [3.63, 3.8) is 0 Å². The van der Waals surface area contributed by atoms with Gasteiger partial charge in [-0.15, -0.1) is 0 Å². The average Bonchev–Trinajstić information content (AvgIpc) is 3.22. The highest BCUT2D eigenvalue weighted by Gasteiger charge is 2.46. The predicted octanol–water partition coefficient (Wildman–Crippen LogP) is 3.51. The van der Waals surface area contributed by atoms with E-state index in [2.05, 4.69) is 54.0 Å². The van der Waals surface area contributed by atoms with Gasteiger partial charge in [-0.1, -0.05) is 0 Å². The third kappa shape index (κ3) is 3.94. The summed E-state index contributed by atoms with van der Waals surface area (Å²) in [5.41, 5.74) is 2.24. The maximum Gasteiger partial charge on any atom is 0.166 e. The summed E-state index contributed by atoms with van der Waals surface area (Å²) in [4.78, 5) is 13.0. The summed E-state index contributed by atoms with van der Waals surface area (Å²) >= 11 is 0. The minimum Gasteiger partial charge on any atom is -0.374 e. The van der Waals surface area contributed by atoms with Crippen LogP contribution < -0.4 is 0 Å². The van der Waals surface area contributed by atoms with Crippen molar-refractivity contribution in [3.8, 4) is 0 Å². The van der Waals surface area contributed by atoms with Crippen LogP contribution in [0.3, 0.4) is 0 Å². The Morgan fingerprint density at radius 3 is 2.54 bits per heavy atom. The first-order valence-electron chi connectivity index (χ1n) is 10.3. The third-order valence-electron chi connectivity index (χ3n) is 5.03. The molecule has 1 saturated heterocycles. The van der Waals surface area contributed by atoms with Crippen LogP contribution in [0.2, 0.25) is 0 Å². The minimum atomic E-state index is -0.875. The molecule has 0 bridgehead atoms. The fourth-order valence-electron chi connectivity index (χ4n) is 3.94. The normalized spacial score (nSPS) is 27.3. The Morgan fingerprint density at radius 2 is 1.93 bits per heavy atom. The summed E-state index contributed by atoms with van der Waals surface area (Å²) in [6, 6.07) is 0.717. The molecule has 9 heteroatoms. The van der Waals surface area contributed by atoms with Crippen LogP contribution in [0.1, 0.15) is 47.9 Å². The number of ether oxygens (including phenoxy) is 2. The predicted molar refractivity (Wildman–Crippen MR) is 110 cm³/mol. The second kappa shape index (κ2) is 8.67. The first-order valence-corrected chi connectivity index (χ1v) is 11.3. The molecular formula is C19H32N5O3P. The van der Waals surface area contributed by atoms with E-state index in [-0.39, 0.29) is 19.1 Å². The summed E-state index contributed by atoms with van der Waals surface area (Å²) in [5.74, 6) is 0. The Labute approximate surface area is 169 Å². The van der Waals surface area contributed by atoms with Crippen molar-refractivity contribution in [3.05, 3.63) is 18.3 Å². The highest BCUT2D eigenvalue weighted by atomic mass is 31.2. The summed E-state index contributed by atoms with van der Waals surface area (Å²) in [6.45, 7) is 12.8. The molecule has 1 fully saturated rings. The third-order valence-corrected chi connectivity index (χ3v) is 7.15. The van der Waals surface area contributed by atoms with Gasteiger partial charge in [0.15, 0.2) is 11.9 Å². The molecule has 8 nitrogen and oxygen atoms in total. The summed E-state index contributed by atoms with van der Waals surface area (Å²) in [5, 5.41) is 0. The van der Waals surface area contributed by atoms with Gasteiger partial charge in [-0.05, 0) is 48.2 Å². The van der Waals surface area contributed by atoms with Gasteiger partial charge in [0.2, 0.25) is 0 Å². The van der Waals surface area contributed by atoms with Gasteiger partial charge in [-0.25, -0.2) is 15.0 Å². The van der Waals surface area contributed by atoms with E-state index in [4.69, 9.17) is 15.4 Å². The van der Waals surface area contributed by atoms with Crippen molar-refractivity contribution >= 4 is 19.5 Å². The van der Waals surface area contributed by atoms with Crippen LogP contribution in [0.5, 0.6) is 0 Å². The lowest BCUT2D eigenvalue weighted by atomic mass is 10.1. The number of aryl methyl sites for hydroxylation is 1. The minimum absolute atomic E-state index is 0.0915. The quantitative estimate of drug-likeness (QED) is 0.647. The van der Waals surface area contributed by atoms with Gasteiger partial charge in [0.05, 0.1) is 18.1 Å². The van der Waals surface area contributed by atoms with Crippen LogP contribution in [0.4, 0.5) is 0 Å². The van der Waals surface area contributed by atoms with E-state index in [0.29, 0.717) is 17.7 Å². The van der Waals surface area contributed by atoms with E-state index in [1.807, 2.05) is 11.5 Å². The summed E-state index contributed by atoms with van der Waals surface area (Å²) in [6.07, 6.45) is 1.65. The lowest BCUT2D eigenvalue weighted by molar-refractivity contribution is -0.0461. The van der Waals surface area contributed by atoms with Crippen LogP contribution in [-0.2, 0) is 14.0 Å². The van der Waals surface area contributed by atoms with Crippen molar-refractivity contribution in [2.75, 3.05) is 13.8 Å². The van der Waals surface area contributed by atoms with Crippen molar-refractivity contribution in [2.24, 2.45) is 0 Å². The molecule has 1 aliphatic heterocycles. The van der Waals surface area contributed by atoms with Crippen LogP contribution in [0.25, 0.3) is 11.2 Å². The zero-order valence-electron chi connectivity index (χ0n) is 18.7. The van der Waals surface area contributed by atoms with E-state index in [1.54, 1.807) is 13.4 Å². The Morgan fingerprint density at radius 1 is 1.21 bits per heavy atom. The topological polar surface area (TPSA) is 74.5 Å². The molecular weight excluding hydrogens is 377 g/mol. The molecule has 0 amide bonds. The van der Waals surface area contributed by atoms with Crippen LogP contribution in [-0.4, -0.2) is 68.4 Å². The fourth-order valence-corrected chi connectivity index (χ4v) is 5.96. The monoisotopic (exact) mass is 410 g/mol. The van der Waals surface area contributed by atoms with Crippen LogP contribution in [0.15, 0.2) is 12.7 Å². The number of methoxy groups -OCH3 is 1. The molecule has 0 aromatic carbocycles. The summed E-state index contributed by atoms with van der Waals surface area (Å²) < 4.78 is 30.8. The zero-order chi connectivity index (χ0) is 21.3. The number of nitrogens with zero attached hydrogens (tertiary/aromatic N) is 5. The van der Waals surface area contributed by atoms with Crippen molar-refractivity contribution < 1.29 is 15.4 Å². The van der Waals surface area contributed by atoms with Gasteiger partial charge in [0.25, 0.3) is 0 Å². The number of hydrogen-bond acceptors (Lipinski definition) is 7. The first kappa shape index (κ1) is 20.1. The molecule has 28 heavy (non-hydrogen) atoms. The lowest BCUT2D eigenvalue weighted by Crippen LogP contribution is -2.38. The van der Waals surface area contributed by atoms with E-state index in [9.17, 15) is 0 Å². The maximum absolute atomic E-state index is 8.01. The van der Waals surface area contributed by atoms with Crippen LogP contribution >= 0.6 is 8.30 Å². The molecule has 0 spiro atoms. The molecule has 5 atom stereocenters. The second-order valence-electron chi connectivity index (χ2n) is 7.65. The molecule has 0 aliphatic carbocycles. The fraction of sp³-hybridized carbons (Fsp3) is 0.737. The first-order chi connectivity index (χ1) is 13.8. The average molecular weight is 410 g/mol.